The van der Waals surface area contributed by atoms with E-state index in [1.807, 2.05) is 49.7 Å². The second-order valence-electron chi connectivity index (χ2n) is 5.28. The SMILES string of the molecule is CCn1nc(C)c(Cl)c1COc1ccc(CC(C)N)cc1. The lowest BCUT2D eigenvalue weighted by molar-refractivity contribution is 0.292. The van der Waals surface area contributed by atoms with Crippen molar-refractivity contribution in [1.29, 1.82) is 0 Å². The zero-order valence-electron chi connectivity index (χ0n) is 12.8. The number of ether oxygens (including phenoxy) is 1. The molecule has 1 heterocycles. The topological polar surface area (TPSA) is 53.1 Å². The lowest BCUT2D eigenvalue weighted by atomic mass is 10.1. The molecule has 1 unspecified atom stereocenters. The van der Waals surface area contributed by atoms with Crippen molar-refractivity contribution < 1.29 is 4.74 Å². The van der Waals surface area contributed by atoms with Crippen LogP contribution in [0, 0.1) is 6.92 Å². The van der Waals surface area contributed by atoms with Gasteiger partial charge in [0.15, 0.2) is 0 Å². The number of benzene rings is 1. The number of aryl methyl sites for hydroxylation is 2. The summed E-state index contributed by atoms with van der Waals surface area (Å²) >= 11 is 6.26. The first-order valence-corrected chi connectivity index (χ1v) is 7.58. The van der Waals surface area contributed by atoms with Crippen LogP contribution in [-0.4, -0.2) is 15.8 Å². The van der Waals surface area contributed by atoms with Crippen molar-refractivity contribution >= 4 is 11.6 Å². The molecule has 0 amide bonds. The normalized spacial score (nSPS) is 12.4. The highest BCUT2D eigenvalue weighted by Crippen LogP contribution is 2.22. The van der Waals surface area contributed by atoms with Gasteiger partial charge in [0.1, 0.15) is 12.4 Å². The van der Waals surface area contributed by atoms with Crippen LogP contribution in [0.3, 0.4) is 0 Å². The van der Waals surface area contributed by atoms with Crippen molar-refractivity contribution in [1.82, 2.24) is 9.78 Å². The van der Waals surface area contributed by atoms with Gasteiger partial charge in [-0.3, -0.25) is 4.68 Å². The van der Waals surface area contributed by atoms with Crippen LogP contribution in [0.15, 0.2) is 24.3 Å². The maximum atomic E-state index is 6.26. The van der Waals surface area contributed by atoms with E-state index in [0.29, 0.717) is 11.6 Å². The minimum atomic E-state index is 0.164. The minimum absolute atomic E-state index is 0.164. The summed E-state index contributed by atoms with van der Waals surface area (Å²) in [5, 5.41) is 5.06. The Morgan fingerprint density at radius 1 is 1.33 bits per heavy atom. The monoisotopic (exact) mass is 307 g/mol. The minimum Gasteiger partial charge on any atom is -0.487 e. The molecule has 1 aromatic heterocycles. The van der Waals surface area contributed by atoms with Gasteiger partial charge in [0.25, 0.3) is 0 Å². The van der Waals surface area contributed by atoms with E-state index in [1.165, 1.54) is 5.56 Å². The van der Waals surface area contributed by atoms with Crippen LogP contribution in [-0.2, 0) is 19.6 Å². The van der Waals surface area contributed by atoms with Gasteiger partial charge >= 0.3 is 0 Å². The second-order valence-corrected chi connectivity index (χ2v) is 5.65. The fourth-order valence-corrected chi connectivity index (χ4v) is 2.44. The number of halogens is 1. The molecule has 0 saturated heterocycles. The van der Waals surface area contributed by atoms with E-state index in [-0.39, 0.29) is 6.04 Å². The van der Waals surface area contributed by atoms with E-state index < -0.39 is 0 Å². The Morgan fingerprint density at radius 3 is 2.57 bits per heavy atom. The first-order valence-electron chi connectivity index (χ1n) is 7.20. The number of rotatable bonds is 6. The zero-order chi connectivity index (χ0) is 15.4. The summed E-state index contributed by atoms with van der Waals surface area (Å²) in [6.45, 7) is 7.14. The van der Waals surface area contributed by atoms with Gasteiger partial charge in [-0.25, -0.2) is 0 Å². The van der Waals surface area contributed by atoms with Crippen LogP contribution < -0.4 is 10.5 Å². The first-order chi connectivity index (χ1) is 10.0. The summed E-state index contributed by atoms with van der Waals surface area (Å²) < 4.78 is 7.69. The van der Waals surface area contributed by atoms with Crippen LogP contribution >= 0.6 is 11.6 Å². The molecule has 2 aromatic rings. The molecule has 0 saturated carbocycles. The Labute approximate surface area is 130 Å². The highest BCUT2D eigenvalue weighted by molar-refractivity contribution is 6.31. The Bertz CT molecular complexity index is 590. The average molecular weight is 308 g/mol. The molecule has 4 nitrogen and oxygen atoms in total. The quantitative estimate of drug-likeness (QED) is 0.890. The Morgan fingerprint density at radius 2 is 2.00 bits per heavy atom. The van der Waals surface area contributed by atoms with Gasteiger partial charge in [-0.05, 0) is 44.9 Å². The molecule has 5 heteroatoms. The molecule has 0 spiro atoms. The van der Waals surface area contributed by atoms with Gasteiger partial charge in [0.05, 0.1) is 16.4 Å². The summed E-state index contributed by atoms with van der Waals surface area (Å²) in [5.41, 5.74) is 8.76. The van der Waals surface area contributed by atoms with Crippen molar-refractivity contribution in [3.05, 3.63) is 46.2 Å². The zero-order valence-corrected chi connectivity index (χ0v) is 13.5. The van der Waals surface area contributed by atoms with Gasteiger partial charge in [0.2, 0.25) is 0 Å². The van der Waals surface area contributed by atoms with Gasteiger partial charge in [-0.15, -0.1) is 0 Å². The third-order valence-corrected chi connectivity index (χ3v) is 3.80. The molecule has 0 fully saturated rings. The van der Waals surface area contributed by atoms with E-state index in [2.05, 4.69) is 5.10 Å². The number of nitrogens with zero attached hydrogens (tertiary/aromatic N) is 2. The van der Waals surface area contributed by atoms with E-state index in [9.17, 15) is 0 Å². The molecule has 21 heavy (non-hydrogen) atoms. The average Bonchev–Trinajstić information content (AvgIpc) is 2.73. The smallest absolute Gasteiger partial charge is 0.131 e. The number of nitrogens with two attached hydrogens (primary N) is 1. The standard InChI is InChI=1S/C16H22ClN3O/c1-4-20-15(16(17)12(3)19-20)10-21-14-7-5-13(6-8-14)9-11(2)18/h5-8,11H,4,9-10,18H2,1-3H3. The van der Waals surface area contributed by atoms with Crippen LogP contribution in [0.5, 0.6) is 5.75 Å². The Balaban J connectivity index is 2.03. The highest BCUT2D eigenvalue weighted by atomic mass is 35.5. The van der Waals surface area contributed by atoms with Crippen molar-refractivity contribution in [2.24, 2.45) is 5.73 Å². The molecule has 114 valence electrons. The summed E-state index contributed by atoms with van der Waals surface area (Å²) in [6.07, 6.45) is 0.869. The maximum absolute atomic E-state index is 6.26. The highest BCUT2D eigenvalue weighted by Gasteiger charge is 2.13. The molecule has 0 bridgehead atoms. The van der Waals surface area contributed by atoms with Gasteiger partial charge in [-0.1, -0.05) is 23.7 Å². The number of hydrogen-bond acceptors (Lipinski definition) is 3. The van der Waals surface area contributed by atoms with Crippen LogP contribution in [0.25, 0.3) is 0 Å². The van der Waals surface area contributed by atoms with Crippen LogP contribution in [0.4, 0.5) is 0 Å². The van der Waals surface area contributed by atoms with Gasteiger partial charge in [-0.2, -0.15) is 5.10 Å². The van der Waals surface area contributed by atoms with Crippen LogP contribution in [0.2, 0.25) is 5.02 Å². The fourth-order valence-electron chi connectivity index (χ4n) is 2.25. The first kappa shape index (κ1) is 15.9. The molecule has 1 atom stereocenters. The number of aromatic nitrogens is 2. The lowest BCUT2D eigenvalue weighted by Crippen LogP contribution is -2.17. The molecule has 1 aromatic carbocycles. The second kappa shape index (κ2) is 6.96. The molecule has 0 radical (unpaired) electrons. The van der Waals surface area contributed by atoms with E-state index in [4.69, 9.17) is 22.1 Å². The molecular weight excluding hydrogens is 286 g/mol. The predicted molar refractivity (Wildman–Crippen MR) is 85.8 cm³/mol. The fraction of sp³-hybridized carbons (Fsp3) is 0.438. The van der Waals surface area contributed by atoms with Crippen molar-refractivity contribution in [2.75, 3.05) is 0 Å². The Hall–Kier alpha value is -1.52. The summed E-state index contributed by atoms with van der Waals surface area (Å²) in [5.74, 6) is 0.820. The summed E-state index contributed by atoms with van der Waals surface area (Å²) in [4.78, 5) is 0. The summed E-state index contributed by atoms with van der Waals surface area (Å²) in [7, 11) is 0. The van der Waals surface area contributed by atoms with E-state index in [0.717, 1.165) is 30.1 Å². The summed E-state index contributed by atoms with van der Waals surface area (Å²) in [6, 6.07) is 8.18. The molecular formula is C16H22ClN3O. The Kier molecular flexibility index (Phi) is 5.26. The van der Waals surface area contributed by atoms with E-state index in [1.54, 1.807) is 0 Å². The van der Waals surface area contributed by atoms with Gasteiger partial charge < -0.3 is 10.5 Å². The predicted octanol–water partition coefficient (Wildman–Crippen LogP) is 3.33. The number of hydrogen-bond donors (Lipinski definition) is 1. The van der Waals surface area contributed by atoms with Gasteiger partial charge in [0, 0.05) is 12.6 Å². The molecule has 0 aliphatic rings. The molecule has 0 aliphatic carbocycles. The molecule has 2 N–H and O–H groups in total. The van der Waals surface area contributed by atoms with Crippen molar-refractivity contribution in [2.45, 2.75) is 46.4 Å². The molecule has 0 aliphatic heterocycles. The third kappa shape index (κ3) is 3.99. The van der Waals surface area contributed by atoms with Crippen molar-refractivity contribution in [3.63, 3.8) is 0 Å². The van der Waals surface area contributed by atoms with E-state index >= 15 is 0 Å². The van der Waals surface area contributed by atoms with Crippen LogP contribution in [0.1, 0.15) is 30.8 Å². The lowest BCUT2D eigenvalue weighted by Gasteiger charge is -2.10. The maximum Gasteiger partial charge on any atom is 0.131 e. The largest absolute Gasteiger partial charge is 0.487 e. The third-order valence-electron chi connectivity index (χ3n) is 3.31. The molecule has 2 rings (SSSR count). The van der Waals surface area contributed by atoms with Crippen molar-refractivity contribution in [3.8, 4) is 5.75 Å².